The number of rotatable bonds is 4. The van der Waals surface area contributed by atoms with Gasteiger partial charge in [0.05, 0.1) is 23.4 Å². The zero-order valence-electron chi connectivity index (χ0n) is 16.2. The van der Waals surface area contributed by atoms with E-state index in [-0.39, 0.29) is 12.4 Å². The Bertz CT molecular complexity index is 1070. The van der Waals surface area contributed by atoms with Gasteiger partial charge in [0.15, 0.2) is 0 Å². The molecule has 3 nitrogen and oxygen atoms in total. The first-order valence-corrected chi connectivity index (χ1v) is 9.41. The molecule has 142 valence electrons. The Labute approximate surface area is 172 Å². The fourth-order valence-corrected chi connectivity index (χ4v) is 3.46. The minimum atomic E-state index is 0. The number of halogens is 1. The lowest BCUT2D eigenvalue weighted by molar-refractivity contribution is -0.386. The van der Waals surface area contributed by atoms with Crippen LogP contribution >= 0.6 is 0 Å². The van der Waals surface area contributed by atoms with Crippen LogP contribution in [0, 0.1) is 0 Å². The molecule has 2 aromatic heterocycles. The van der Waals surface area contributed by atoms with Gasteiger partial charge in [-0.05, 0) is 23.6 Å². The van der Waals surface area contributed by atoms with E-state index in [9.17, 15) is 0 Å². The number of fused-ring (bicyclic) bond motifs is 1. The van der Waals surface area contributed by atoms with Gasteiger partial charge in [-0.25, -0.2) is 4.98 Å². The SMILES string of the molecule is CC(C)c1nccc2nc(-c3ccc(C[NH3+])cc3)c(-c3ccccc3)cc12.[Cl-]. The van der Waals surface area contributed by atoms with Crippen molar-refractivity contribution in [2.24, 2.45) is 0 Å². The standard InChI is InChI=1S/C24H23N3.ClH/c1-16(2)23-21-14-20(18-6-4-3-5-7-18)24(27-22(21)12-13-26-23)19-10-8-17(15-25)9-11-19;/h3-14,16H,15,25H2,1-2H3;1H. The molecule has 2 heterocycles. The Hall–Kier alpha value is -2.75. The van der Waals surface area contributed by atoms with Crippen LogP contribution in [0.1, 0.15) is 31.0 Å². The van der Waals surface area contributed by atoms with Crippen LogP contribution in [-0.2, 0) is 6.54 Å². The van der Waals surface area contributed by atoms with E-state index in [1.165, 1.54) is 11.1 Å². The van der Waals surface area contributed by atoms with Crippen molar-refractivity contribution in [1.82, 2.24) is 9.97 Å². The van der Waals surface area contributed by atoms with E-state index >= 15 is 0 Å². The molecule has 4 rings (SSSR count). The average Bonchev–Trinajstić information content (AvgIpc) is 2.73. The van der Waals surface area contributed by atoms with Crippen LogP contribution in [0.3, 0.4) is 0 Å². The summed E-state index contributed by atoms with van der Waals surface area (Å²) in [6.45, 7) is 5.14. The molecule has 4 heteroatoms. The summed E-state index contributed by atoms with van der Waals surface area (Å²) in [5.41, 5.74) is 11.7. The molecular formula is C24H24ClN3. The summed E-state index contributed by atoms with van der Waals surface area (Å²) in [5, 5.41) is 1.13. The molecular weight excluding hydrogens is 366 g/mol. The van der Waals surface area contributed by atoms with Crippen molar-refractivity contribution in [2.45, 2.75) is 26.3 Å². The second-order valence-electron chi connectivity index (χ2n) is 7.12. The van der Waals surface area contributed by atoms with Gasteiger partial charge in [-0.15, -0.1) is 0 Å². The number of quaternary nitrogens is 1. The van der Waals surface area contributed by atoms with E-state index < -0.39 is 0 Å². The van der Waals surface area contributed by atoms with Gasteiger partial charge < -0.3 is 18.1 Å². The van der Waals surface area contributed by atoms with Crippen LogP contribution in [0.25, 0.3) is 33.3 Å². The van der Waals surface area contributed by atoms with Gasteiger partial charge in [0.1, 0.15) is 0 Å². The quantitative estimate of drug-likeness (QED) is 0.579. The molecule has 0 aliphatic carbocycles. The summed E-state index contributed by atoms with van der Waals surface area (Å²) >= 11 is 0. The van der Waals surface area contributed by atoms with Crippen molar-refractivity contribution in [3.63, 3.8) is 0 Å². The molecule has 0 fully saturated rings. The van der Waals surface area contributed by atoms with Gasteiger partial charge in [-0.3, -0.25) is 4.98 Å². The number of benzene rings is 2. The Balaban J connectivity index is 0.00000225. The van der Waals surface area contributed by atoms with E-state index in [2.05, 4.69) is 79.2 Å². The van der Waals surface area contributed by atoms with Crippen molar-refractivity contribution < 1.29 is 18.1 Å². The number of pyridine rings is 2. The van der Waals surface area contributed by atoms with E-state index in [0.717, 1.165) is 40.0 Å². The first-order valence-electron chi connectivity index (χ1n) is 9.41. The Morgan fingerprint density at radius 1 is 0.893 bits per heavy atom. The third-order valence-corrected chi connectivity index (χ3v) is 4.92. The molecule has 0 bridgehead atoms. The lowest BCUT2D eigenvalue weighted by Crippen LogP contribution is -3.00. The van der Waals surface area contributed by atoms with Gasteiger partial charge >= 0.3 is 0 Å². The maximum absolute atomic E-state index is 5.06. The monoisotopic (exact) mass is 389 g/mol. The number of hydrogen-bond donors (Lipinski definition) is 1. The van der Waals surface area contributed by atoms with E-state index in [1.54, 1.807) is 0 Å². The normalized spacial score (nSPS) is 10.9. The van der Waals surface area contributed by atoms with Crippen molar-refractivity contribution in [3.8, 4) is 22.4 Å². The highest BCUT2D eigenvalue weighted by atomic mass is 35.5. The molecule has 0 amide bonds. The molecule has 0 aliphatic heterocycles. The van der Waals surface area contributed by atoms with Crippen LogP contribution in [-0.4, -0.2) is 9.97 Å². The fraction of sp³-hybridized carbons (Fsp3) is 0.167. The maximum Gasteiger partial charge on any atom is 0.0997 e. The zero-order chi connectivity index (χ0) is 18.8. The Kier molecular flexibility index (Phi) is 6.08. The molecule has 0 spiro atoms. The van der Waals surface area contributed by atoms with Crippen molar-refractivity contribution in [3.05, 3.63) is 84.2 Å². The summed E-state index contributed by atoms with van der Waals surface area (Å²) in [7, 11) is 0. The minimum absolute atomic E-state index is 0. The summed E-state index contributed by atoms with van der Waals surface area (Å²) in [6, 6.07) is 23.3. The smallest absolute Gasteiger partial charge is 0.0997 e. The molecule has 4 aromatic rings. The highest BCUT2D eigenvalue weighted by molar-refractivity contribution is 5.92. The van der Waals surface area contributed by atoms with Crippen molar-refractivity contribution >= 4 is 10.9 Å². The van der Waals surface area contributed by atoms with Crippen LogP contribution in [0.4, 0.5) is 0 Å². The molecule has 0 saturated carbocycles. The maximum atomic E-state index is 5.06. The highest BCUT2D eigenvalue weighted by Gasteiger charge is 2.15. The summed E-state index contributed by atoms with van der Waals surface area (Å²) in [5.74, 6) is 0.348. The van der Waals surface area contributed by atoms with Crippen LogP contribution in [0.5, 0.6) is 0 Å². The zero-order valence-corrected chi connectivity index (χ0v) is 16.9. The number of aromatic nitrogens is 2. The summed E-state index contributed by atoms with van der Waals surface area (Å²) in [4.78, 5) is 9.68. The highest BCUT2D eigenvalue weighted by Crippen LogP contribution is 2.35. The second-order valence-corrected chi connectivity index (χ2v) is 7.12. The van der Waals surface area contributed by atoms with E-state index in [4.69, 9.17) is 4.98 Å². The van der Waals surface area contributed by atoms with Crippen LogP contribution < -0.4 is 18.1 Å². The van der Waals surface area contributed by atoms with Crippen LogP contribution in [0.15, 0.2) is 72.9 Å². The Morgan fingerprint density at radius 3 is 2.25 bits per heavy atom. The average molecular weight is 390 g/mol. The lowest BCUT2D eigenvalue weighted by atomic mass is 9.95. The number of hydrogen-bond acceptors (Lipinski definition) is 2. The fourth-order valence-electron chi connectivity index (χ4n) is 3.46. The van der Waals surface area contributed by atoms with Gasteiger partial charge in [0, 0.05) is 28.3 Å². The Morgan fingerprint density at radius 2 is 1.61 bits per heavy atom. The van der Waals surface area contributed by atoms with Gasteiger partial charge in [0.25, 0.3) is 0 Å². The molecule has 0 aliphatic rings. The topological polar surface area (TPSA) is 53.4 Å². The van der Waals surface area contributed by atoms with Gasteiger partial charge in [-0.2, -0.15) is 0 Å². The minimum Gasteiger partial charge on any atom is -1.00 e. The predicted molar refractivity (Wildman–Crippen MR) is 111 cm³/mol. The largest absolute Gasteiger partial charge is 1.00 e. The van der Waals surface area contributed by atoms with Crippen molar-refractivity contribution in [1.29, 1.82) is 0 Å². The van der Waals surface area contributed by atoms with Crippen molar-refractivity contribution in [2.75, 3.05) is 0 Å². The summed E-state index contributed by atoms with van der Waals surface area (Å²) < 4.78 is 0. The third kappa shape index (κ3) is 3.77. The predicted octanol–water partition coefficient (Wildman–Crippen LogP) is 1.83. The van der Waals surface area contributed by atoms with E-state index in [0.29, 0.717) is 5.92 Å². The molecule has 0 atom stereocenters. The molecule has 0 unspecified atom stereocenters. The second kappa shape index (κ2) is 8.51. The van der Waals surface area contributed by atoms with Crippen LogP contribution in [0.2, 0.25) is 0 Å². The number of nitrogens with zero attached hydrogens (tertiary/aromatic N) is 2. The molecule has 3 N–H and O–H groups in total. The van der Waals surface area contributed by atoms with Gasteiger partial charge in [0.2, 0.25) is 0 Å². The molecule has 0 saturated heterocycles. The molecule has 2 aromatic carbocycles. The summed E-state index contributed by atoms with van der Waals surface area (Å²) in [6.07, 6.45) is 1.86. The molecule has 0 radical (unpaired) electrons. The first kappa shape index (κ1) is 20.0. The first-order chi connectivity index (χ1) is 13.2. The van der Waals surface area contributed by atoms with E-state index in [1.807, 2.05) is 18.3 Å². The third-order valence-electron chi connectivity index (χ3n) is 4.92. The van der Waals surface area contributed by atoms with Gasteiger partial charge in [-0.1, -0.05) is 68.4 Å². The lowest BCUT2D eigenvalue weighted by Gasteiger charge is -2.14. The molecule has 28 heavy (non-hydrogen) atoms.